The summed E-state index contributed by atoms with van der Waals surface area (Å²) in [6.45, 7) is 8.39. The van der Waals surface area contributed by atoms with Crippen molar-refractivity contribution in [1.82, 2.24) is 4.90 Å². The Hall–Kier alpha value is -3.38. The fraction of sp³-hybridized carbons (Fsp3) is 0.321. The predicted molar refractivity (Wildman–Crippen MR) is 135 cm³/mol. The van der Waals surface area contributed by atoms with Gasteiger partial charge in [-0.3, -0.25) is 9.69 Å². The van der Waals surface area contributed by atoms with Crippen molar-refractivity contribution < 1.29 is 13.9 Å². The minimum Gasteiger partial charge on any atom is -0.484 e. The van der Waals surface area contributed by atoms with Crippen LogP contribution >= 0.6 is 0 Å². The molecule has 0 saturated carbocycles. The molecule has 1 heterocycles. The number of carbonyl (C=O) groups is 1. The SMILES string of the molecule is CC(C)c1ccc(OCC(=O)Nc2ccc(N3CCN(Cc4ccccc4F)CC3)cc2)cc1. The van der Waals surface area contributed by atoms with E-state index in [4.69, 9.17) is 4.74 Å². The van der Waals surface area contributed by atoms with E-state index in [2.05, 4.69) is 29.0 Å². The molecule has 0 bridgehead atoms. The van der Waals surface area contributed by atoms with Gasteiger partial charge in [0.15, 0.2) is 6.61 Å². The van der Waals surface area contributed by atoms with Gasteiger partial charge in [0, 0.05) is 49.7 Å². The number of benzene rings is 3. The van der Waals surface area contributed by atoms with Crippen molar-refractivity contribution in [3.8, 4) is 5.75 Å². The van der Waals surface area contributed by atoms with Crippen molar-refractivity contribution in [2.75, 3.05) is 43.0 Å². The number of halogens is 1. The van der Waals surface area contributed by atoms with Crippen LogP contribution in [0.15, 0.2) is 72.8 Å². The normalized spacial score (nSPS) is 14.3. The third-order valence-corrected chi connectivity index (χ3v) is 6.16. The Morgan fingerprint density at radius 2 is 1.62 bits per heavy atom. The molecule has 0 radical (unpaired) electrons. The molecule has 0 aliphatic carbocycles. The van der Waals surface area contributed by atoms with E-state index in [1.165, 1.54) is 11.6 Å². The molecule has 1 N–H and O–H groups in total. The molecule has 1 amide bonds. The number of nitrogens with zero attached hydrogens (tertiary/aromatic N) is 2. The van der Waals surface area contributed by atoms with Crippen LogP contribution < -0.4 is 15.0 Å². The number of anilines is 2. The average molecular weight is 462 g/mol. The summed E-state index contributed by atoms with van der Waals surface area (Å²) in [5.41, 5.74) is 3.84. The highest BCUT2D eigenvalue weighted by Crippen LogP contribution is 2.21. The summed E-state index contributed by atoms with van der Waals surface area (Å²) in [5.74, 6) is 0.812. The monoisotopic (exact) mass is 461 g/mol. The van der Waals surface area contributed by atoms with E-state index in [-0.39, 0.29) is 18.3 Å². The molecule has 178 valence electrons. The van der Waals surface area contributed by atoms with Crippen LogP contribution in [-0.2, 0) is 11.3 Å². The fourth-order valence-electron chi connectivity index (χ4n) is 4.08. The van der Waals surface area contributed by atoms with Gasteiger partial charge in [0.25, 0.3) is 5.91 Å². The molecule has 0 spiro atoms. The van der Waals surface area contributed by atoms with Crippen LogP contribution in [-0.4, -0.2) is 43.6 Å². The zero-order chi connectivity index (χ0) is 23.9. The van der Waals surface area contributed by atoms with Crippen LogP contribution in [0.5, 0.6) is 5.75 Å². The summed E-state index contributed by atoms with van der Waals surface area (Å²) in [6.07, 6.45) is 0. The Bertz CT molecular complexity index is 1080. The van der Waals surface area contributed by atoms with Crippen molar-refractivity contribution in [2.45, 2.75) is 26.3 Å². The Morgan fingerprint density at radius 1 is 0.941 bits per heavy atom. The van der Waals surface area contributed by atoms with Gasteiger partial charge in [0.1, 0.15) is 11.6 Å². The summed E-state index contributed by atoms with van der Waals surface area (Å²) < 4.78 is 19.5. The molecule has 0 atom stereocenters. The molecule has 1 aliphatic heterocycles. The first kappa shape index (κ1) is 23.8. The second-order valence-corrected chi connectivity index (χ2v) is 8.96. The number of hydrogen-bond acceptors (Lipinski definition) is 4. The van der Waals surface area contributed by atoms with Crippen molar-refractivity contribution in [3.05, 3.63) is 89.7 Å². The van der Waals surface area contributed by atoms with E-state index in [1.54, 1.807) is 6.07 Å². The van der Waals surface area contributed by atoms with Crippen LogP contribution in [0.25, 0.3) is 0 Å². The largest absolute Gasteiger partial charge is 0.484 e. The molecular formula is C28H32FN3O2. The smallest absolute Gasteiger partial charge is 0.262 e. The molecule has 0 unspecified atom stereocenters. The number of rotatable bonds is 8. The fourth-order valence-corrected chi connectivity index (χ4v) is 4.08. The molecule has 3 aromatic rings. The summed E-state index contributed by atoms with van der Waals surface area (Å²) in [4.78, 5) is 16.9. The van der Waals surface area contributed by atoms with Gasteiger partial charge in [-0.15, -0.1) is 0 Å². The topological polar surface area (TPSA) is 44.8 Å². The first-order valence-corrected chi connectivity index (χ1v) is 11.8. The van der Waals surface area contributed by atoms with Crippen LogP contribution in [0.1, 0.15) is 30.9 Å². The molecule has 0 aromatic heterocycles. The first-order valence-electron chi connectivity index (χ1n) is 11.8. The minimum atomic E-state index is -0.192. The molecule has 4 rings (SSSR count). The lowest BCUT2D eigenvalue weighted by molar-refractivity contribution is -0.118. The van der Waals surface area contributed by atoms with Gasteiger partial charge in [-0.05, 0) is 53.9 Å². The molecule has 1 aliphatic rings. The third kappa shape index (κ3) is 6.35. The maximum Gasteiger partial charge on any atom is 0.262 e. The first-order chi connectivity index (χ1) is 16.5. The Kier molecular flexibility index (Phi) is 7.80. The molecule has 1 saturated heterocycles. The van der Waals surface area contributed by atoms with Crippen molar-refractivity contribution in [3.63, 3.8) is 0 Å². The molecule has 3 aromatic carbocycles. The number of carbonyl (C=O) groups excluding carboxylic acids is 1. The number of hydrogen-bond donors (Lipinski definition) is 1. The zero-order valence-corrected chi connectivity index (χ0v) is 19.8. The van der Waals surface area contributed by atoms with E-state index in [1.807, 2.05) is 60.7 Å². The highest BCUT2D eigenvalue weighted by Gasteiger charge is 2.18. The molecule has 6 heteroatoms. The number of amides is 1. The maximum atomic E-state index is 13.9. The van der Waals surface area contributed by atoms with Gasteiger partial charge in [-0.1, -0.05) is 44.2 Å². The van der Waals surface area contributed by atoms with E-state index < -0.39 is 0 Å². The average Bonchev–Trinajstić information content (AvgIpc) is 2.85. The lowest BCUT2D eigenvalue weighted by Crippen LogP contribution is -2.46. The Balaban J connectivity index is 1.22. The maximum absolute atomic E-state index is 13.9. The lowest BCUT2D eigenvalue weighted by Gasteiger charge is -2.36. The molecule has 34 heavy (non-hydrogen) atoms. The second-order valence-electron chi connectivity index (χ2n) is 8.96. The highest BCUT2D eigenvalue weighted by atomic mass is 19.1. The zero-order valence-electron chi connectivity index (χ0n) is 19.8. The Morgan fingerprint density at radius 3 is 2.26 bits per heavy atom. The summed E-state index contributed by atoms with van der Waals surface area (Å²) in [7, 11) is 0. The predicted octanol–water partition coefficient (Wildman–Crippen LogP) is 5.29. The summed E-state index contributed by atoms with van der Waals surface area (Å²) >= 11 is 0. The van der Waals surface area contributed by atoms with Gasteiger partial charge < -0.3 is 15.0 Å². The van der Waals surface area contributed by atoms with E-state index in [9.17, 15) is 9.18 Å². The lowest BCUT2D eigenvalue weighted by atomic mass is 10.0. The van der Waals surface area contributed by atoms with Crippen LogP contribution in [0, 0.1) is 5.82 Å². The summed E-state index contributed by atoms with van der Waals surface area (Å²) in [5, 5.41) is 2.89. The standard InChI is InChI=1S/C28H32FN3O2/c1-21(2)22-7-13-26(14-8-22)34-20-28(33)30-24-9-11-25(12-10-24)32-17-15-31(16-18-32)19-23-5-3-4-6-27(23)29/h3-14,21H,15-20H2,1-2H3,(H,30,33). The van der Waals surface area contributed by atoms with Crippen molar-refractivity contribution in [2.24, 2.45) is 0 Å². The highest BCUT2D eigenvalue weighted by molar-refractivity contribution is 5.92. The minimum absolute atomic E-state index is 0.0350. The third-order valence-electron chi connectivity index (χ3n) is 6.16. The van der Waals surface area contributed by atoms with Crippen molar-refractivity contribution in [1.29, 1.82) is 0 Å². The Labute approximate surface area is 201 Å². The molecular weight excluding hydrogens is 429 g/mol. The van der Waals surface area contributed by atoms with Gasteiger partial charge in [-0.2, -0.15) is 0 Å². The molecule has 5 nitrogen and oxygen atoms in total. The molecule has 1 fully saturated rings. The second kappa shape index (κ2) is 11.2. The summed E-state index contributed by atoms with van der Waals surface area (Å²) in [6, 6.07) is 22.7. The van der Waals surface area contributed by atoms with E-state index >= 15 is 0 Å². The number of piperazine rings is 1. The van der Waals surface area contributed by atoms with Gasteiger partial charge in [0.2, 0.25) is 0 Å². The van der Waals surface area contributed by atoms with E-state index in [0.29, 0.717) is 18.2 Å². The van der Waals surface area contributed by atoms with Crippen molar-refractivity contribution >= 4 is 17.3 Å². The van der Waals surface area contributed by atoms with Gasteiger partial charge in [0.05, 0.1) is 0 Å². The van der Waals surface area contributed by atoms with Crippen LogP contribution in [0.4, 0.5) is 15.8 Å². The van der Waals surface area contributed by atoms with E-state index in [0.717, 1.165) is 43.1 Å². The van der Waals surface area contributed by atoms with Crippen LogP contribution in [0.3, 0.4) is 0 Å². The number of ether oxygens (including phenoxy) is 1. The van der Waals surface area contributed by atoms with Crippen LogP contribution in [0.2, 0.25) is 0 Å². The van der Waals surface area contributed by atoms with Gasteiger partial charge in [-0.25, -0.2) is 4.39 Å². The quantitative estimate of drug-likeness (QED) is 0.495. The number of nitrogens with one attached hydrogen (secondary N) is 1. The van der Waals surface area contributed by atoms with Gasteiger partial charge >= 0.3 is 0 Å².